The SMILES string of the molecule is COc1cc([C@@H]2c3sc(=O)[nH]c3S[C@H]3C(=O)N(c4ccc([N+](=O)[O-])cc4)C(=O)[C@@H]23)ccc1OCc1cccc(Cl)c1. The van der Waals surface area contributed by atoms with Gasteiger partial charge in [0.05, 0.1) is 28.7 Å². The summed E-state index contributed by atoms with van der Waals surface area (Å²) in [6.45, 7) is 0.252. The third-order valence-electron chi connectivity index (χ3n) is 6.97. The van der Waals surface area contributed by atoms with E-state index in [4.69, 9.17) is 21.1 Å². The lowest BCUT2D eigenvalue weighted by Crippen LogP contribution is -2.32. The average molecular weight is 610 g/mol. The minimum Gasteiger partial charge on any atom is -0.493 e. The molecule has 6 rings (SSSR count). The van der Waals surface area contributed by atoms with E-state index in [1.807, 2.05) is 12.1 Å². The van der Waals surface area contributed by atoms with Crippen LogP contribution in [0.4, 0.5) is 11.4 Å². The molecule has 0 spiro atoms. The number of benzene rings is 3. The number of nitro groups is 1. The lowest BCUT2D eigenvalue weighted by atomic mass is 9.83. The summed E-state index contributed by atoms with van der Waals surface area (Å²) in [6.07, 6.45) is 0. The first kappa shape index (κ1) is 27.1. The Labute approximate surface area is 246 Å². The van der Waals surface area contributed by atoms with Gasteiger partial charge in [-0.25, -0.2) is 4.90 Å². The summed E-state index contributed by atoms with van der Waals surface area (Å²) < 4.78 is 11.6. The van der Waals surface area contributed by atoms with Crippen molar-refractivity contribution in [2.24, 2.45) is 5.92 Å². The van der Waals surface area contributed by atoms with Crippen LogP contribution in [-0.4, -0.2) is 34.1 Å². The van der Waals surface area contributed by atoms with Crippen molar-refractivity contribution < 1.29 is 24.0 Å². The fourth-order valence-electron chi connectivity index (χ4n) is 5.14. The van der Waals surface area contributed by atoms with Crippen molar-refractivity contribution in [3.05, 3.63) is 108 Å². The van der Waals surface area contributed by atoms with Crippen molar-refractivity contribution in [2.75, 3.05) is 12.0 Å². The van der Waals surface area contributed by atoms with E-state index < -0.39 is 33.8 Å². The maximum Gasteiger partial charge on any atom is 0.305 e. The number of nitrogens with zero attached hydrogens (tertiary/aromatic N) is 2. The molecule has 0 aliphatic carbocycles. The molecule has 3 heterocycles. The summed E-state index contributed by atoms with van der Waals surface area (Å²) in [5.41, 5.74) is 1.65. The predicted molar refractivity (Wildman–Crippen MR) is 154 cm³/mol. The van der Waals surface area contributed by atoms with E-state index in [-0.39, 0.29) is 22.9 Å². The van der Waals surface area contributed by atoms with Crippen LogP contribution in [0.25, 0.3) is 0 Å². The maximum absolute atomic E-state index is 13.9. The van der Waals surface area contributed by atoms with Crippen molar-refractivity contribution in [1.82, 2.24) is 4.98 Å². The molecule has 1 saturated heterocycles. The molecule has 0 radical (unpaired) electrons. The quantitative estimate of drug-likeness (QED) is 0.168. The molecule has 0 saturated carbocycles. The Morgan fingerprint density at radius 3 is 2.51 bits per heavy atom. The number of aromatic amines is 1. The standard InChI is InChI=1S/C28H20ClN3O7S2/c1-38-20-12-15(5-10-19(20)39-13-14-3-2-4-16(29)11-14)21-22-24(40-25-23(21)41-28(35)30-25)27(34)31(26(22)33)17-6-8-18(9-7-17)32(36)37/h2-12,21-22,24H,13H2,1H3,(H,30,35)/t21-,22-,24+/m0/s1. The first-order valence-electron chi connectivity index (χ1n) is 12.3. The lowest BCUT2D eigenvalue weighted by molar-refractivity contribution is -0.384. The molecule has 4 aromatic rings. The number of carbonyl (C=O) groups is 2. The van der Waals surface area contributed by atoms with Crippen molar-refractivity contribution in [2.45, 2.75) is 22.8 Å². The van der Waals surface area contributed by atoms with Gasteiger partial charge in [-0.15, -0.1) is 0 Å². The zero-order valence-electron chi connectivity index (χ0n) is 21.2. The minimum atomic E-state index is -0.815. The predicted octanol–water partition coefficient (Wildman–Crippen LogP) is 5.38. The molecular weight excluding hydrogens is 590 g/mol. The Bertz CT molecular complexity index is 1750. The highest BCUT2D eigenvalue weighted by atomic mass is 35.5. The normalized spacial score (nSPS) is 19.6. The van der Waals surface area contributed by atoms with Crippen LogP contribution in [0.15, 0.2) is 76.6 Å². The van der Waals surface area contributed by atoms with Crippen molar-refractivity contribution in [3.63, 3.8) is 0 Å². The van der Waals surface area contributed by atoms with Gasteiger partial charge in [-0.3, -0.25) is 24.5 Å². The molecule has 0 unspecified atom stereocenters. The van der Waals surface area contributed by atoms with Gasteiger partial charge >= 0.3 is 4.87 Å². The number of rotatable bonds is 7. The highest BCUT2D eigenvalue weighted by Crippen LogP contribution is 2.53. The van der Waals surface area contributed by atoms with Crippen molar-refractivity contribution in [3.8, 4) is 11.5 Å². The molecule has 1 aromatic heterocycles. The Morgan fingerprint density at radius 1 is 1.02 bits per heavy atom. The zero-order valence-corrected chi connectivity index (χ0v) is 23.6. The van der Waals surface area contributed by atoms with Gasteiger partial charge in [0, 0.05) is 28.0 Å². The lowest BCUT2D eigenvalue weighted by Gasteiger charge is -2.30. The fraction of sp³-hybridized carbons (Fsp3) is 0.179. The van der Waals surface area contributed by atoms with E-state index in [1.165, 1.54) is 31.4 Å². The van der Waals surface area contributed by atoms with E-state index in [2.05, 4.69) is 4.98 Å². The number of H-pyrrole nitrogens is 1. The van der Waals surface area contributed by atoms with E-state index in [0.29, 0.717) is 32.0 Å². The molecule has 3 atom stereocenters. The summed E-state index contributed by atoms with van der Waals surface area (Å²) in [6, 6.07) is 17.9. The number of nitrogens with one attached hydrogen (secondary N) is 1. The van der Waals surface area contributed by atoms with Gasteiger partial charge < -0.3 is 14.5 Å². The van der Waals surface area contributed by atoms with Crippen LogP contribution >= 0.6 is 34.7 Å². The molecule has 10 nitrogen and oxygen atoms in total. The molecule has 208 valence electrons. The topological polar surface area (TPSA) is 132 Å². The minimum absolute atomic E-state index is 0.151. The number of thioether (sulfide) groups is 1. The van der Waals surface area contributed by atoms with Crippen LogP contribution < -0.4 is 19.2 Å². The molecule has 13 heteroatoms. The van der Waals surface area contributed by atoms with Gasteiger partial charge in [-0.2, -0.15) is 0 Å². The van der Waals surface area contributed by atoms with Crippen molar-refractivity contribution >= 4 is 57.9 Å². The smallest absolute Gasteiger partial charge is 0.305 e. The number of anilines is 1. The molecule has 3 aromatic carbocycles. The first-order chi connectivity index (χ1) is 19.7. The summed E-state index contributed by atoms with van der Waals surface area (Å²) in [4.78, 5) is 54.6. The van der Waals surface area contributed by atoms with Crippen LogP contribution in [-0.2, 0) is 16.2 Å². The molecule has 2 amide bonds. The Kier molecular flexibility index (Phi) is 7.06. The maximum atomic E-state index is 13.9. The Morgan fingerprint density at radius 2 is 1.80 bits per heavy atom. The fourth-order valence-corrected chi connectivity index (χ4v) is 7.87. The van der Waals surface area contributed by atoms with E-state index >= 15 is 0 Å². The van der Waals surface area contributed by atoms with E-state index in [9.17, 15) is 24.5 Å². The van der Waals surface area contributed by atoms with Crippen LogP contribution in [0.2, 0.25) is 5.02 Å². The van der Waals surface area contributed by atoms with Gasteiger partial charge in [0.25, 0.3) is 5.69 Å². The number of imide groups is 1. The molecule has 2 aliphatic rings. The zero-order chi connectivity index (χ0) is 28.8. The number of non-ortho nitro benzene ring substituents is 1. The van der Waals surface area contributed by atoms with Crippen LogP contribution in [0.5, 0.6) is 11.5 Å². The third-order valence-corrected chi connectivity index (χ3v) is 9.61. The molecule has 1 N–H and O–H groups in total. The Hall–Kier alpha value is -4.13. The highest BCUT2D eigenvalue weighted by Gasteiger charge is 2.56. The van der Waals surface area contributed by atoms with E-state index in [0.717, 1.165) is 33.6 Å². The molecule has 0 bridgehead atoms. The molecule has 41 heavy (non-hydrogen) atoms. The van der Waals surface area contributed by atoms with Gasteiger partial charge in [-0.05, 0) is 47.5 Å². The number of hydrogen-bond donors (Lipinski definition) is 1. The monoisotopic (exact) mass is 609 g/mol. The summed E-state index contributed by atoms with van der Waals surface area (Å²) in [5.74, 6) is -1.43. The third kappa shape index (κ3) is 4.88. The van der Waals surface area contributed by atoms with Crippen LogP contribution in [0.1, 0.15) is 21.9 Å². The molecule has 1 fully saturated rings. The number of hydrogen-bond acceptors (Lipinski definition) is 9. The summed E-state index contributed by atoms with van der Waals surface area (Å²) in [5, 5.41) is 11.4. The van der Waals surface area contributed by atoms with E-state index in [1.54, 1.807) is 30.3 Å². The summed E-state index contributed by atoms with van der Waals surface area (Å²) in [7, 11) is 1.51. The number of carbonyl (C=O) groups excluding carboxylic acids is 2. The van der Waals surface area contributed by atoms with Gasteiger partial charge in [-0.1, -0.05) is 52.9 Å². The number of fused-ring (bicyclic) bond motifs is 2. The number of aromatic nitrogens is 1. The average Bonchev–Trinajstić information content (AvgIpc) is 3.46. The number of amides is 2. The Balaban J connectivity index is 1.36. The number of ether oxygens (including phenoxy) is 2. The first-order valence-corrected chi connectivity index (χ1v) is 14.4. The largest absolute Gasteiger partial charge is 0.493 e. The van der Waals surface area contributed by atoms with Crippen LogP contribution in [0.3, 0.4) is 0 Å². The van der Waals surface area contributed by atoms with Gasteiger partial charge in [0.2, 0.25) is 11.8 Å². The second-order valence-corrected chi connectivity index (χ2v) is 12.0. The van der Waals surface area contributed by atoms with Gasteiger partial charge in [0.1, 0.15) is 11.9 Å². The molecular formula is C28H20ClN3O7S2. The number of halogens is 1. The van der Waals surface area contributed by atoms with Crippen LogP contribution in [0, 0.1) is 16.0 Å². The molecule has 2 aliphatic heterocycles. The number of methoxy groups -OCH3 is 1. The van der Waals surface area contributed by atoms with Crippen molar-refractivity contribution in [1.29, 1.82) is 0 Å². The number of thiazole rings is 1. The highest BCUT2D eigenvalue weighted by molar-refractivity contribution is 8.00. The second kappa shape index (κ2) is 10.7. The second-order valence-electron chi connectivity index (χ2n) is 9.36. The number of nitro benzene ring substituents is 1. The summed E-state index contributed by atoms with van der Waals surface area (Å²) >= 11 is 8.24. The van der Waals surface area contributed by atoms with Gasteiger partial charge in [0.15, 0.2) is 11.5 Å².